The number of hydrogen-bond donors (Lipinski definition) is 2. The molecular formula is C19H30ClN3O2. The van der Waals surface area contributed by atoms with Crippen LogP contribution in [0.2, 0.25) is 0 Å². The van der Waals surface area contributed by atoms with Crippen LogP contribution in [0.1, 0.15) is 49.5 Å². The molecule has 1 aliphatic heterocycles. The molecule has 5 nitrogen and oxygen atoms in total. The molecule has 1 aliphatic rings. The van der Waals surface area contributed by atoms with Gasteiger partial charge in [0.25, 0.3) is 5.91 Å². The van der Waals surface area contributed by atoms with Gasteiger partial charge in [-0.05, 0) is 37.3 Å². The van der Waals surface area contributed by atoms with Gasteiger partial charge in [0.1, 0.15) is 0 Å². The standard InChI is InChI=1S/C19H29N3O2.ClH/c1-13-5-7-14(8-6-13)17(23)21-15-9-11-22(12-10-15)18(24)16(20)19(2,3)4;/h5-8,15-16H,9-12,20H2,1-4H3,(H,21,23);1H. The molecule has 1 saturated heterocycles. The van der Waals surface area contributed by atoms with Crippen LogP contribution in [0.15, 0.2) is 24.3 Å². The van der Waals surface area contributed by atoms with Gasteiger partial charge in [-0.1, -0.05) is 38.5 Å². The molecule has 1 unspecified atom stereocenters. The highest BCUT2D eigenvalue weighted by Crippen LogP contribution is 2.21. The summed E-state index contributed by atoms with van der Waals surface area (Å²) >= 11 is 0. The Hall–Kier alpha value is -1.59. The SMILES string of the molecule is Cc1ccc(C(=O)NC2CCN(C(=O)C(N)C(C)(C)C)CC2)cc1.Cl. The first kappa shape index (κ1) is 21.5. The largest absolute Gasteiger partial charge is 0.349 e. The van der Waals surface area contributed by atoms with Gasteiger partial charge in [0.05, 0.1) is 6.04 Å². The number of nitrogens with one attached hydrogen (secondary N) is 1. The van der Waals surface area contributed by atoms with E-state index in [1.54, 1.807) is 0 Å². The Labute approximate surface area is 156 Å². The maximum atomic E-state index is 12.4. The molecule has 1 heterocycles. The Morgan fingerprint density at radius 1 is 1.16 bits per heavy atom. The number of nitrogens with zero attached hydrogens (tertiary/aromatic N) is 1. The number of nitrogens with two attached hydrogens (primary N) is 1. The molecule has 140 valence electrons. The van der Waals surface area contributed by atoms with E-state index >= 15 is 0 Å². The predicted molar refractivity (Wildman–Crippen MR) is 103 cm³/mol. The first-order valence-electron chi connectivity index (χ1n) is 8.60. The second-order valence-corrected chi connectivity index (χ2v) is 7.78. The Morgan fingerprint density at radius 2 is 1.68 bits per heavy atom. The number of hydrogen-bond acceptors (Lipinski definition) is 3. The van der Waals surface area contributed by atoms with E-state index in [1.807, 2.05) is 56.9 Å². The average Bonchev–Trinajstić information content (AvgIpc) is 2.54. The molecular weight excluding hydrogens is 338 g/mol. The smallest absolute Gasteiger partial charge is 0.251 e. The van der Waals surface area contributed by atoms with Crippen molar-refractivity contribution in [2.24, 2.45) is 11.1 Å². The number of carbonyl (C=O) groups is 2. The van der Waals surface area contributed by atoms with E-state index in [1.165, 1.54) is 0 Å². The summed E-state index contributed by atoms with van der Waals surface area (Å²) in [4.78, 5) is 26.5. The molecule has 0 aromatic heterocycles. The highest BCUT2D eigenvalue weighted by Gasteiger charge is 2.33. The summed E-state index contributed by atoms with van der Waals surface area (Å²) < 4.78 is 0. The van der Waals surface area contributed by atoms with Crippen molar-refractivity contribution in [2.75, 3.05) is 13.1 Å². The minimum atomic E-state index is -0.490. The van der Waals surface area contributed by atoms with Gasteiger partial charge >= 0.3 is 0 Å². The van der Waals surface area contributed by atoms with E-state index in [-0.39, 0.29) is 35.7 Å². The molecule has 0 aliphatic carbocycles. The minimum absolute atomic E-state index is 0. The van der Waals surface area contributed by atoms with E-state index in [9.17, 15) is 9.59 Å². The van der Waals surface area contributed by atoms with Crippen LogP contribution in [0.5, 0.6) is 0 Å². The van der Waals surface area contributed by atoms with Crippen LogP contribution in [-0.4, -0.2) is 41.9 Å². The summed E-state index contributed by atoms with van der Waals surface area (Å²) in [7, 11) is 0. The molecule has 0 saturated carbocycles. The van der Waals surface area contributed by atoms with Crippen LogP contribution in [0, 0.1) is 12.3 Å². The first-order valence-corrected chi connectivity index (χ1v) is 8.60. The van der Waals surface area contributed by atoms with Gasteiger partial charge in [-0.2, -0.15) is 0 Å². The van der Waals surface area contributed by atoms with Gasteiger partial charge in [0.15, 0.2) is 0 Å². The van der Waals surface area contributed by atoms with Crippen LogP contribution >= 0.6 is 12.4 Å². The fourth-order valence-corrected chi connectivity index (χ4v) is 2.78. The number of aryl methyl sites for hydroxylation is 1. The van der Waals surface area contributed by atoms with E-state index in [0.29, 0.717) is 18.7 Å². The molecule has 6 heteroatoms. The van der Waals surface area contributed by atoms with Gasteiger partial charge in [-0.3, -0.25) is 9.59 Å². The van der Waals surface area contributed by atoms with Crippen LogP contribution in [-0.2, 0) is 4.79 Å². The van der Waals surface area contributed by atoms with Gasteiger partial charge in [0, 0.05) is 24.7 Å². The molecule has 2 amide bonds. The van der Waals surface area contributed by atoms with Crippen molar-refractivity contribution in [1.29, 1.82) is 0 Å². The number of amides is 2. The summed E-state index contributed by atoms with van der Waals surface area (Å²) in [5, 5.41) is 3.07. The number of halogens is 1. The molecule has 0 spiro atoms. The summed E-state index contributed by atoms with van der Waals surface area (Å²) in [6.07, 6.45) is 1.53. The van der Waals surface area contributed by atoms with Crippen molar-refractivity contribution >= 4 is 24.2 Å². The molecule has 1 aromatic carbocycles. The molecule has 0 bridgehead atoms. The van der Waals surface area contributed by atoms with Crippen LogP contribution in [0.25, 0.3) is 0 Å². The number of rotatable bonds is 3. The maximum absolute atomic E-state index is 12.4. The fourth-order valence-electron chi connectivity index (χ4n) is 2.78. The second kappa shape index (κ2) is 8.68. The van der Waals surface area contributed by atoms with Gasteiger partial charge in [0.2, 0.25) is 5.91 Å². The highest BCUT2D eigenvalue weighted by molar-refractivity contribution is 5.94. The van der Waals surface area contributed by atoms with E-state index in [4.69, 9.17) is 5.73 Å². The lowest BCUT2D eigenvalue weighted by molar-refractivity contribution is -0.136. The summed E-state index contributed by atoms with van der Waals surface area (Å²) in [5.74, 6) is -0.0445. The van der Waals surface area contributed by atoms with Crippen LogP contribution < -0.4 is 11.1 Å². The third-order valence-electron chi connectivity index (χ3n) is 4.65. The first-order chi connectivity index (χ1) is 11.2. The lowest BCUT2D eigenvalue weighted by Gasteiger charge is -2.36. The van der Waals surface area contributed by atoms with Crippen LogP contribution in [0.3, 0.4) is 0 Å². The van der Waals surface area contributed by atoms with Crippen LogP contribution in [0.4, 0.5) is 0 Å². The minimum Gasteiger partial charge on any atom is -0.349 e. The molecule has 2 rings (SSSR count). The highest BCUT2D eigenvalue weighted by atomic mass is 35.5. The van der Waals surface area contributed by atoms with E-state index in [0.717, 1.165) is 18.4 Å². The van der Waals surface area contributed by atoms with Gasteiger partial charge < -0.3 is 16.0 Å². The Kier molecular flexibility index (Phi) is 7.44. The molecule has 0 radical (unpaired) electrons. The topological polar surface area (TPSA) is 75.4 Å². The Bertz CT molecular complexity index is 588. The average molecular weight is 368 g/mol. The summed E-state index contributed by atoms with van der Waals surface area (Å²) in [6, 6.07) is 7.16. The quantitative estimate of drug-likeness (QED) is 0.861. The predicted octanol–water partition coefficient (Wildman–Crippen LogP) is 2.51. The van der Waals surface area contributed by atoms with Gasteiger partial charge in [-0.15, -0.1) is 12.4 Å². The molecule has 3 N–H and O–H groups in total. The van der Waals surface area contributed by atoms with Crippen molar-refractivity contribution < 1.29 is 9.59 Å². The number of piperidine rings is 1. The van der Waals surface area contributed by atoms with E-state index < -0.39 is 6.04 Å². The summed E-state index contributed by atoms with van der Waals surface area (Å²) in [5.41, 5.74) is 7.63. The van der Waals surface area contributed by atoms with E-state index in [2.05, 4.69) is 5.32 Å². The maximum Gasteiger partial charge on any atom is 0.251 e. The Balaban J connectivity index is 0.00000312. The third kappa shape index (κ3) is 5.72. The monoisotopic (exact) mass is 367 g/mol. The fraction of sp³-hybridized carbons (Fsp3) is 0.579. The van der Waals surface area contributed by atoms with Crippen molar-refractivity contribution in [2.45, 2.75) is 52.6 Å². The number of carbonyl (C=O) groups excluding carboxylic acids is 2. The summed E-state index contributed by atoms with van der Waals surface area (Å²) in [6.45, 7) is 9.21. The Morgan fingerprint density at radius 3 is 2.16 bits per heavy atom. The van der Waals surface area contributed by atoms with Crippen molar-refractivity contribution in [1.82, 2.24) is 10.2 Å². The van der Waals surface area contributed by atoms with Crippen molar-refractivity contribution in [3.8, 4) is 0 Å². The number of benzene rings is 1. The third-order valence-corrected chi connectivity index (χ3v) is 4.65. The lowest BCUT2D eigenvalue weighted by Crippen LogP contribution is -2.54. The normalized spacial score (nSPS) is 16.8. The zero-order valence-corrected chi connectivity index (χ0v) is 16.4. The molecule has 1 aromatic rings. The van der Waals surface area contributed by atoms with Crippen molar-refractivity contribution in [3.63, 3.8) is 0 Å². The van der Waals surface area contributed by atoms with Gasteiger partial charge in [-0.25, -0.2) is 0 Å². The molecule has 1 fully saturated rings. The molecule has 1 atom stereocenters. The van der Waals surface area contributed by atoms with Crippen molar-refractivity contribution in [3.05, 3.63) is 35.4 Å². The number of likely N-dealkylation sites (tertiary alicyclic amines) is 1. The zero-order valence-electron chi connectivity index (χ0n) is 15.5. The molecule has 25 heavy (non-hydrogen) atoms. The lowest BCUT2D eigenvalue weighted by atomic mass is 9.86. The zero-order chi connectivity index (χ0) is 17.9. The second-order valence-electron chi connectivity index (χ2n) is 7.78.